The fourth-order valence-electron chi connectivity index (χ4n) is 3.09. The molecule has 0 saturated carbocycles. The second-order valence-corrected chi connectivity index (χ2v) is 6.73. The molecule has 0 unspecified atom stereocenters. The van der Waals surface area contributed by atoms with Gasteiger partial charge in [-0.15, -0.1) is 17.5 Å². The minimum Gasteiger partial charge on any atom is -0.497 e. The number of carbonyl (C=O) groups is 1. The van der Waals surface area contributed by atoms with E-state index in [0.29, 0.717) is 30.3 Å². The quantitative estimate of drug-likeness (QED) is 0.409. The Balaban J connectivity index is 0.00000289. The molecule has 3 aromatic carbocycles. The fraction of sp³-hybridized carbons (Fsp3) is 0.125. The van der Waals surface area contributed by atoms with Crippen LogP contribution in [0.1, 0.15) is 16.2 Å². The van der Waals surface area contributed by atoms with Gasteiger partial charge in [-0.3, -0.25) is 4.79 Å². The Bertz CT molecular complexity index is 1160. The third-order valence-electron chi connectivity index (χ3n) is 4.66. The predicted molar refractivity (Wildman–Crippen MR) is 125 cm³/mol. The Morgan fingerprint density at radius 3 is 2.22 bits per heavy atom. The number of aromatic nitrogens is 3. The summed E-state index contributed by atoms with van der Waals surface area (Å²) in [7, 11) is 1.61. The minimum absolute atomic E-state index is 0. The third kappa shape index (κ3) is 4.96. The summed E-state index contributed by atoms with van der Waals surface area (Å²) in [5.41, 5.74) is 7.59. The van der Waals surface area contributed by atoms with Gasteiger partial charge in [0, 0.05) is 17.7 Å². The molecule has 0 aliphatic rings. The smallest absolute Gasteiger partial charge is 0.232 e. The molecule has 1 heterocycles. The lowest BCUT2D eigenvalue weighted by Crippen LogP contribution is -2.10. The maximum atomic E-state index is 13.0. The summed E-state index contributed by atoms with van der Waals surface area (Å²) in [6, 6.07) is 23.8. The van der Waals surface area contributed by atoms with Crippen LogP contribution in [0, 0.1) is 0 Å². The Morgan fingerprint density at radius 2 is 1.59 bits per heavy atom. The largest absolute Gasteiger partial charge is 0.497 e. The van der Waals surface area contributed by atoms with E-state index in [0.717, 1.165) is 17.0 Å². The monoisotopic (exact) mass is 450 g/mol. The van der Waals surface area contributed by atoms with E-state index < -0.39 is 0 Å². The van der Waals surface area contributed by atoms with Crippen LogP contribution in [0.4, 0.5) is 0 Å². The first-order valence-corrected chi connectivity index (χ1v) is 9.84. The summed E-state index contributed by atoms with van der Waals surface area (Å²) < 4.78 is 12.5. The zero-order chi connectivity index (χ0) is 21.6. The van der Waals surface area contributed by atoms with Crippen molar-refractivity contribution < 1.29 is 14.3 Å². The number of ketones is 1. The highest BCUT2D eigenvalue weighted by molar-refractivity contribution is 6.06. The highest BCUT2D eigenvalue weighted by atomic mass is 35.5. The van der Waals surface area contributed by atoms with Gasteiger partial charge in [-0.05, 0) is 48.5 Å². The molecule has 164 valence electrons. The van der Waals surface area contributed by atoms with Crippen molar-refractivity contribution in [2.24, 2.45) is 5.73 Å². The maximum Gasteiger partial charge on any atom is 0.232 e. The summed E-state index contributed by atoms with van der Waals surface area (Å²) in [6.07, 6.45) is 0. The van der Waals surface area contributed by atoms with Gasteiger partial charge in [-0.25, -0.2) is 9.67 Å². The highest BCUT2D eigenvalue weighted by Crippen LogP contribution is 2.25. The van der Waals surface area contributed by atoms with Crippen LogP contribution in [-0.2, 0) is 0 Å². The molecule has 4 aromatic rings. The average molecular weight is 451 g/mol. The molecule has 4 rings (SSSR count). The lowest BCUT2D eigenvalue weighted by Gasteiger charge is -2.08. The molecule has 0 aliphatic carbocycles. The summed E-state index contributed by atoms with van der Waals surface area (Å²) in [6.45, 7) is 0.885. The Labute approximate surface area is 192 Å². The van der Waals surface area contributed by atoms with Gasteiger partial charge in [0.2, 0.25) is 11.6 Å². The van der Waals surface area contributed by atoms with Crippen molar-refractivity contribution in [1.29, 1.82) is 0 Å². The second-order valence-electron chi connectivity index (χ2n) is 6.73. The molecule has 0 saturated heterocycles. The Kier molecular flexibility index (Phi) is 7.59. The van der Waals surface area contributed by atoms with E-state index in [1.54, 1.807) is 23.9 Å². The van der Waals surface area contributed by atoms with Gasteiger partial charge in [-0.2, -0.15) is 0 Å². The van der Waals surface area contributed by atoms with Crippen molar-refractivity contribution in [3.63, 3.8) is 0 Å². The first kappa shape index (κ1) is 23.0. The molecule has 0 bridgehead atoms. The number of ether oxygens (including phenoxy) is 2. The number of hydrogen-bond acceptors (Lipinski definition) is 6. The van der Waals surface area contributed by atoms with E-state index in [4.69, 9.17) is 15.2 Å². The zero-order valence-corrected chi connectivity index (χ0v) is 18.3. The second kappa shape index (κ2) is 10.6. The summed E-state index contributed by atoms with van der Waals surface area (Å²) >= 11 is 0. The predicted octanol–water partition coefficient (Wildman–Crippen LogP) is 3.93. The van der Waals surface area contributed by atoms with Crippen molar-refractivity contribution >= 4 is 18.2 Å². The molecule has 7 nitrogen and oxygen atoms in total. The molecule has 0 spiro atoms. The standard InChI is InChI=1S/C24H22N4O3.ClH/c1-30-20-13-9-19(10-14-20)28-24(18-7-11-21(12-8-18)31-16-15-25)26-23(27-28)22(29)17-5-3-2-4-6-17;/h2-14H,15-16,25H2,1H3;1H. The molecular weight excluding hydrogens is 428 g/mol. The summed E-state index contributed by atoms with van der Waals surface area (Å²) in [5.74, 6) is 1.88. The molecule has 8 heteroatoms. The Hall–Kier alpha value is -3.68. The van der Waals surface area contributed by atoms with Crippen molar-refractivity contribution in [2.75, 3.05) is 20.3 Å². The van der Waals surface area contributed by atoms with E-state index in [9.17, 15) is 4.79 Å². The topological polar surface area (TPSA) is 92.3 Å². The number of hydrogen-bond donors (Lipinski definition) is 1. The molecule has 1 aromatic heterocycles. The molecule has 32 heavy (non-hydrogen) atoms. The molecule has 0 atom stereocenters. The number of carbonyl (C=O) groups excluding carboxylic acids is 1. The van der Waals surface area contributed by atoms with E-state index in [-0.39, 0.29) is 24.0 Å². The molecule has 2 N–H and O–H groups in total. The first-order valence-electron chi connectivity index (χ1n) is 9.84. The lowest BCUT2D eigenvalue weighted by molar-refractivity contribution is 0.102. The average Bonchev–Trinajstić information content (AvgIpc) is 3.28. The van der Waals surface area contributed by atoms with Gasteiger partial charge in [0.05, 0.1) is 12.8 Å². The van der Waals surface area contributed by atoms with Crippen LogP contribution in [0.15, 0.2) is 78.9 Å². The normalized spacial score (nSPS) is 10.3. The van der Waals surface area contributed by atoms with Crippen LogP contribution in [0.5, 0.6) is 11.5 Å². The van der Waals surface area contributed by atoms with E-state index in [2.05, 4.69) is 10.1 Å². The lowest BCUT2D eigenvalue weighted by atomic mass is 10.1. The third-order valence-corrected chi connectivity index (χ3v) is 4.66. The highest BCUT2D eigenvalue weighted by Gasteiger charge is 2.20. The van der Waals surface area contributed by atoms with Crippen molar-refractivity contribution in [2.45, 2.75) is 0 Å². The molecule has 0 aliphatic heterocycles. The van der Waals surface area contributed by atoms with Crippen molar-refractivity contribution in [3.8, 4) is 28.6 Å². The molecular formula is C24H23ClN4O3. The van der Waals surface area contributed by atoms with Gasteiger partial charge >= 0.3 is 0 Å². The van der Waals surface area contributed by atoms with Crippen LogP contribution in [-0.4, -0.2) is 40.8 Å². The van der Waals surface area contributed by atoms with Gasteiger partial charge < -0.3 is 15.2 Å². The maximum absolute atomic E-state index is 13.0. The van der Waals surface area contributed by atoms with Crippen LogP contribution in [0.25, 0.3) is 17.1 Å². The minimum atomic E-state index is -0.239. The van der Waals surface area contributed by atoms with Crippen LogP contribution >= 0.6 is 12.4 Å². The van der Waals surface area contributed by atoms with Crippen molar-refractivity contribution in [3.05, 3.63) is 90.3 Å². The van der Waals surface area contributed by atoms with Gasteiger partial charge in [-0.1, -0.05) is 30.3 Å². The number of benzene rings is 3. The van der Waals surface area contributed by atoms with Crippen LogP contribution in [0.3, 0.4) is 0 Å². The number of nitrogens with two attached hydrogens (primary N) is 1. The van der Waals surface area contributed by atoms with Crippen LogP contribution < -0.4 is 15.2 Å². The number of rotatable bonds is 8. The van der Waals surface area contributed by atoms with Gasteiger partial charge in [0.1, 0.15) is 18.1 Å². The van der Waals surface area contributed by atoms with E-state index >= 15 is 0 Å². The Morgan fingerprint density at radius 1 is 0.938 bits per heavy atom. The number of methoxy groups -OCH3 is 1. The van der Waals surface area contributed by atoms with E-state index in [1.165, 1.54) is 0 Å². The molecule has 0 fully saturated rings. The molecule has 0 amide bonds. The zero-order valence-electron chi connectivity index (χ0n) is 17.5. The molecule has 0 radical (unpaired) electrons. The first-order chi connectivity index (χ1) is 15.2. The SMILES string of the molecule is COc1ccc(-n2nc(C(=O)c3ccccc3)nc2-c2ccc(OCCN)cc2)cc1.Cl. The summed E-state index contributed by atoms with van der Waals surface area (Å²) in [5, 5.41) is 4.53. The number of halogens is 1. The number of nitrogens with zero attached hydrogens (tertiary/aromatic N) is 3. The summed E-state index contributed by atoms with van der Waals surface area (Å²) in [4.78, 5) is 17.5. The van der Waals surface area contributed by atoms with Gasteiger partial charge in [0.15, 0.2) is 5.82 Å². The van der Waals surface area contributed by atoms with E-state index in [1.807, 2.05) is 66.7 Å². The fourth-order valence-corrected chi connectivity index (χ4v) is 3.09. The van der Waals surface area contributed by atoms with Crippen LogP contribution in [0.2, 0.25) is 0 Å². The van der Waals surface area contributed by atoms with Gasteiger partial charge in [0.25, 0.3) is 0 Å². The van der Waals surface area contributed by atoms with Crippen molar-refractivity contribution in [1.82, 2.24) is 14.8 Å².